The number of rotatable bonds is 11. The first kappa shape index (κ1) is 32.6. The molecule has 0 saturated heterocycles. The van der Waals surface area contributed by atoms with Gasteiger partial charge in [-0.3, -0.25) is 5.32 Å². The number of ether oxygens (including phenoxy) is 1. The van der Waals surface area contributed by atoms with Gasteiger partial charge in [-0.2, -0.15) is 8.42 Å². The average molecular weight is 715 g/mol. The molecule has 0 amide bonds. The zero-order valence-corrected chi connectivity index (χ0v) is 27.9. The molecular formula is C32H30BrF2N5O3S2. The van der Waals surface area contributed by atoms with Gasteiger partial charge in [-0.1, -0.05) is 32.9 Å². The molecule has 8 nitrogen and oxygen atoms in total. The highest BCUT2D eigenvalue weighted by Gasteiger charge is 2.20. The number of nitrogens with zero attached hydrogens (tertiary/aromatic N) is 3. The van der Waals surface area contributed by atoms with Gasteiger partial charge in [0.05, 0.1) is 21.7 Å². The SMILES string of the molecule is CCC(NC(CC(C)C)=S(=O)=O)c1nc(-c2cc3c(Nc4ccc(OCc5cccc(F)c5)c(Br)c4)ncnc3cc2F)cs1. The number of hydrogen-bond acceptors (Lipinski definition) is 8. The molecule has 5 rings (SSSR count). The lowest BCUT2D eigenvalue weighted by Crippen LogP contribution is -2.29. The van der Waals surface area contributed by atoms with E-state index >= 15 is 4.39 Å². The normalized spacial score (nSPS) is 12.0. The Labute approximate surface area is 273 Å². The monoisotopic (exact) mass is 713 g/mol. The summed E-state index contributed by atoms with van der Waals surface area (Å²) >= 11 is 4.87. The Morgan fingerprint density at radius 2 is 1.91 bits per heavy atom. The van der Waals surface area contributed by atoms with Gasteiger partial charge in [0.1, 0.15) is 46.1 Å². The van der Waals surface area contributed by atoms with Crippen LogP contribution in [0, 0.1) is 17.6 Å². The number of aromatic nitrogens is 3. The first-order chi connectivity index (χ1) is 21.6. The Morgan fingerprint density at radius 1 is 1.09 bits per heavy atom. The number of benzene rings is 3. The Balaban J connectivity index is 1.38. The van der Waals surface area contributed by atoms with Crippen molar-refractivity contribution in [3.63, 3.8) is 0 Å². The van der Waals surface area contributed by atoms with Crippen LogP contribution in [0.15, 0.2) is 70.8 Å². The number of thiazole rings is 1. The third kappa shape index (κ3) is 8.09. The van der Waals surface area contributed by atoms with E-state index in [0.717, 1.165) is 0 Å². The summed E-state index contributed by atoms with van der Waals surface area (Å²) < 4.78 is 59.0. The summed E-state index contributed by atoms with van der Waals surface area (Å²) in [5.41, 5.74) is 2.53. The maximum absolute atomic E-state index is 15.4. The third-order valence-electron chi connectivity index (χ3n) is 6.84. The van der Waals surface area contributed by atoms with E-state index in [2.05, 4.69) is 41.5 Å². The molecule has 0 aliphatic heterocycles. The summed E-state index contributed by atoms with van der Waals surface area (Å²) in [6, 6.07) is 14.3. The van der Waals surface area contributed by atoms with Gasteiger partial charge in [0.15, 0.2) is 0 Å². The third-order valence-corrected chi connectivity index (χ3v) is 9.10. The molecule has 45 heavy (non-hydrogen) atoms. The Kier molecular flexibility index (Phi) is 10.5. The van der Waals surface area contributed by atoms with Gasteiger partial charge in [0.2, 0.25) is 10.3 Å². The van der Waals surface area contributed by atoms with Gasteiger partial charge in [0.25, 0.3) is 0 Å². The molecule has 2 N–H and O–H groups in total. The van der Waals surface area contributed by atoms with Gasteiger partial charge < -0.3 is 10.1 Å². The van der Waals surface area contributed by atoms with Crippen LogP contribution < -0.4 is 15.4 Å². The van der Waals surface area contributed by atoms with Crippen LogP contribution in [0.5, 0.6) is 5.75 Å². The quantitative estimate of drug-likeness (QED) is 0.132. The van der Waals surface area contributed by atoms with Gasteiger partial charge in [-0.05, 0) is 76.7 Å². The second-order valence-corrected chi connectivity index (χ2v) is 13.4. The van der Waals surface area contributed by atoms with Gasteiger partial charge in [-0.25, -0.2) is 23.7 Å². The van der Waals surface area contributed by atoms with Crippen molar-refractivity contribution >= 4 is 65.0 Å². The molecule has 2 heterocycles. The van der Waals surface area contributed by atoms with Crippen LogP contribution in [-0.4, -0.2) is 28.4 Å². The van der Waals surface area contributed by atoms with Crippen molar-refractivity contribution in [3.8, 4) is 17.0 Å². The van der Waals surface area contributed by atoms with Crippen LogP contribution in [0.3, 0.4) is 0 Å². The molecule has 0 bridgehead atoms. The van der Waals surface area contributed by atoms with Crippen LogP contribution >= 0.6 is 27.3 Å². The summed E-state index contributed by atoms with van der Waals surface area (Å²) in [4.78, 5) is 13.6. The molecule has 0 aliphatic rings. The molecule has 0 spiro atoms. The molecule has 1 unspecified atom stereocenters. The zero-order chi connectivity index (χ0) is 32.1. The molecule has 13 heteroatoms. The van der Waals surface area contributed by atoms with E-state index in [1.54, 1.807) is 29.6 Å². The summed E-state index contributed by atoms with van der Waals surface area (Å²) in [5, 5.41) is 9.41. The van der Waals surface area contributed by atoms with Gasteiger partial charge in [-0.15, -0.1) is 11.3 Å². The Bertz CT molecular complexity index is 1980. The first-order valence-electron chi connectivity index (χ1n) is 14.2. The maximum atomic E-state index is 15.4. The fourth-order valence-electron chi connectivity index (χ4n) is 4.64. The molecule has 0 radical (unpaired) electrons. The van der Waals surface area contributed by atoms with Crippen molar-refractivity contribution in [1.82, 2.24) is 20.3 Å². The predicted molar refractivity (Wildman–Crippen MR) is 178 cm³/mol. The van der Waals surface area contributed by atoms with Crippen LogP contribution in [0.25, 0.3) is 22.2 Å². The van der Waals surface area contributed by atoms with Gasteiger partial charge >= 0.3 is 0 Å². The number of hydrogen-bond donors (Lipinski definition) is 2. The highest BCUT2D eigenvalue weighted by molar-refractivity contribution is 9.10. The number of anilines is 2. The molecule has 0 fully saturated rings. The van der Waals surface area contributed by atoms with Crippen molar-refractivity contribution in [2.24, 2.45) is 5.92 Å². The number of fused-ring (bicyclic) bond motifs is 1. The summed E-state index contributed by atoms with van der Waals surface area (Å²) in [6.45, 7) is 6.04. The van der Waals surface area contributed by atoms with Crippen molar-refractivity contribution in [3.05, 3.63) is 93.0 Å². The number of halogens is 3. The molecular weight excluding hydrogens is 684 g/mol. The minimum Gasteiger partial charge on any atom is -0.488 e. The molecule has 0 aliphatic carbocycles. The van der Waals surface area contributed by atoms with Crippen molar-refractivity contribution in [2.75, 3.05) is 5.32 Å². The molecule has 5 aromatic rings. The Morgan fingerprint density at radius 3 is 2.62 bits per heavy atom. The summed E-state index contributed by atoms with van der Waals surface area (Å²) in [5.74, 6) is 0.398. The van der Waals surface area contributed by atoms with E-state index in [1.165, 1.54) is 35.9 Å². The molecule has 2 aromatic heterocycles. The largest absolute Gasteiger partial charge is 0.488 e. The molecule has 0 saturated carbocycles. The second-order valence-electron chi connectivity index (χ2n) is 10.7. The summed E-state index contributed by atoms with van der Waals surface area (Å²) in [7, 11) is -2.37. The van der Waals surface area contributed by atoms with Crippen LogP contribution in [0.1, 0.15) is 50.2 Å². The highest BCUT2D eigenvalue weighted by Crippen LogP contribution is 2.35. The number of nitrogens with one attached hydrogen (secondary N) is 2. The minimum atomic E-state index is -2.37. The average Bonchev–Trinajstić information content (AvgIpc) is 3.48. The highest BCUT2D eigenvalue weighted by atomic mass is 79.9. The minimum absolute atomic E-state index is 0.158. The molecule has 1 atom stereocenters. The smallest absolute Gasteiger partial charge is 0.228 e. The lowest BCUT2D eigenvalue weighted by molar-refractivity contribution is 0.303. The standard InChI is InChI=1S/C32H30BrF2N5O3S2/c1-4-26(39-30(45(41)42)10-18(2)3)32-40-28(16-44-32)22-13-23-27(14-25(22)35)36-17-37-31(23)38-21-8-9-29(24(33)12-21)43-15-19-6-5-7-20(34)11-19/h5-9,11-14,16-18,26,39H,4,10,15H2,1-3H3,(H,36,37,38). The first-order valence-corrected chi connectivity index (χ1v) is 16.9. The molecule has 234 valence electrons. The fraction of sp³-hybridized carbons (Fsp3) is 0.250. The van der Waals surface area contributed by atoms with Crippen molar-refractivity contribution < 1.29 is 21.9 Å². The van der Waals surface area contributed by atoms with Crippen LogP contribution in [-0.2, 0) is 16.9 Å². The second kappa shape index (κ2) is 14.5. The van der Waals surface area contributed by atoms with Gasteiger partial charge in [0, 0.05) is 28.1 Å². The Hall–Kier alpha value is -3.78. The van der Waals surface area contributed by atoms with Crippen LogP contribution in [0.4, 0.5) is 20.3 Å². The maximum Gasteiger partial charge on any atom is 0.228 e. The predicted octanol–water partition coefficient (Wildman–Crippen LogP) is 8.21. The zero-order valence-electron chi connectivity index (χ0n) is 24.6. The van der Waals surface area contributed by atoms with Crippen molar-refractivity contribution in [1.29, 1.82) is 0 Å². The van der Waals surface area contributed by atoms with E-state index in [9.17, 15) is 12.8 Å². The van der Waals surface area contributed by atoms with E-state index in [0.29, 0.717) is 61.7 Å². The van der Waals surface area contributed by atoms with E-state index in [4.69, 9.17) is 4.74 Å². The molecule has 3 aromatic carbocycles. The van der Waals surface area contributed by atoms with E-state index in [1.807, 2.05) is 32.9 Å². The fourth-order valence-corrected chi connectivity index (χ4v) is 6.80. The van der Waals surface area contributed by atoms with E-state index in [-0.39, 0.29) is 34.9 Å². The van der Waals surface area contributed by atoms with Crippen LogP contribution in [0.2, 0.25) is 0 Å². The lowest BCUT2D eigenvalue weighted by atomic mass is 10.1. The van der Waals surface area contributed by atoms with E-state index < -0.39 is 16.1 Å². The lowest BCUT2D eigenvalue weighted by Gasteiger charge is -2.16. The van der Waals surface area contributed by atoms with Crippen molar-refractivity contribution in [2.45, 2.75) is 46.3 Å². The summed E-state index contributed by atoms with van der Waals surface area (Å²) in [6.07, 6.45) is 2.35. The topological polar surface area (TPSA) is 106 Å².